The van der Waals surface area contributed by atoms with E-state index >= 15 is 0 Å². The Morgan fingerprint density at radius 2 is 1.67 bits per heavy atom. The fraction of sp³-hybridized carbons (Fsp3) is 0.600. The van der Waals surface area contributed by atoms with Gasteiger partial charge in [-0.2, -0.15) is 0 Å². The number of imide groups is 1. The van der Waals surface area contributed by atoms with E-state index in [2.05, 4.69) is 9.88 Å². The van der Waals surface area contributed by atoms with Crippen molar-refractivity contribution < 1.29 is 19.4 Å². The fourth-order valence-electron chi connectivity index (χ4n) is 4.59. The summed E-state index contributed by atoms with van der Waals surface area (Å²) in [5, 5.41) is 0. The molecule has 0 spiro atoms. The van der Waals surface area contributed by atoms with Crippen LogP contribution in [0.4, 0.5) is 5.82 Å². The largest absolute Gasteiger partial charge is 0.335 e. The van der Waals surface area contributed by atoms with Gasteiger partial charge in [0.2, 0.25) is 17.7 Å². The number of pyridine rings is 1. The predicted octanol–water partition coefficient (Wildman–Crippen LogP) is 0.715. The van der Waals surface area contributed by atoms with E-state index in [1.807, 2.05) is 29.3 Å². The Labute approximate surface area is 159 Å². The van der Waals surface area contributed by atoms with Gasteiger partial charge in [0.25, 0.3) is 5.82 Å². The van der Waals surface area contributed by atoms with Gasteiger partial charge in [-0.25, -0.2) is 4.98 Å². The molecule has 7 heteroatoms. The van der Waals surface area contributed by atoms with Gasteiger partial charge < -0.3 is 4.90 Å². The molecule has 1 saturated carbocycles. The van der Waals surface area contributed by atoms with E-state index in [-0.39, 0.29) is 42.5 Å². The molecule has 0 bridgehead atoms. The van der Waals surface area contributed by atoms with Crippen LogP contribution in [0.1, 0.15) is 32.1 Å². The number of hydrogen-bond donors (Lipinski definition) is 0. The second-order valence-electron chi connectivity index (χ2n) is 7.69. The number of piperazine rings is 1. The molecule has 1 aliphatic carbocycles. The summed E-state index contributed by atoms with van der Waals surface area (Å²) in [5.41, 5.74) is 0. The number of amides is 3. The van der Waals surface area contributed by atoms with Crippen molar-refractivity contribution in [1.82, 2.24) is 9.80 Å². The van der Waals surface area contributed by atoms with Crippen LogP contribution in [-0.2, 0) is 14.4 Å². The molecular formula is C20H27N4O3+. The maximum atomic E-state index is 12.6. The Bertz CT molecular complexity index is 691. The molecule has 1 aromatic rings. The summed E-state index contributed by atoms with van der Waals surface area (Å²) in [6.07, 6.45) is 5.81. The van der Waals surface area contributed by atoms with E-state index in [1.54, 1.807) is 0 Å². The summed E-state index contributed by atoms with van der Waals surface area (Å²) in [5.74, 6) is 0.713. The van der Waals surface area contributed by atoms with Crippen LogP contribution in [0.15, 0.2) is 24.4 Å². The van der Waals surface area contributed by atoms with Gasteiger partial charge in [-0.1, -0.05) is 18.9 Å². The number of nitrogens with one attached hydrogen (secondary N) is 1. The van der Waals surface area contributed by atoms with E-state index < -0.39 is 0 Å². The standard InChI is InChI=1S/C20H26N4O3/c25-18(23-13-11-22(12-14-23)17-7-3-4-9-21-17)8-10-24-19(26)15-5-1-2-6-16(15)20(24)27/h3-4,7,9,15-16H,1-2,5-6,8,10-14H2/p+1/t15-,16+. The molecule has 27 heavy (non-hydrogen) atoms. The lowest BCUT2D eigenvalue weighted by atomic mass is 9.81. The highest BCUT2D eigenvalue weighted by atomic mass is 16.2. The first-order valence-corrected chi connectivity index (χ1v) is 10.00. The monoisotopic (exact) mass is 371 g/mol. The number of carbonyl (C=O) groups is 3. The minimum absolute atomic E-state index is 0.0298. The molecule has 144 valence electrons. The van der Waals surface area contributed by atoms with Crippen LogP contribution in [0.5, 0.6) is 0 Å². The molecule has 1 aromatic heterocycles. The highest BCUT2D eigenvalue weighted by molar-refractivity contribution is 6.05. The second kappa shape index (κ2) is 7.66. The molecular weight excluding hydrogens is 344 g/mol. The number of likely N-dealkylation sites (tertiary alicyclic amines) is 1. The van der Waals surface area contributed by atoms with Crippen molar-refractivity contribution in [2.75, 3.05) is 37.6 Å². The third-order valence-corrected chi connectivity index (χ3v) is 6.15. The first-order valence-electron chi connectivity index (χ1n) is 10.00. The Morgan fingerprint density at radius 3 is 2.26 bits per heavy atom. The molecule has 2 saturated heterocycles. The smallest absolute Gasteiger partial charge is 0.274 e. The molecule has 3 heterocycles. The van der Waals surface area contributed by atoms with Gasteiger partial charge in [0, 0.05) is 19.0 Å². The van der Waals surface area contributed by atoms with Crippen LogP contribution < -0.4 is 9.88 Å². The van der Waals surface area contributed by atoms with Gasteiger partial charge in [0.05, 0.1) is 31.1 Å². The third kappa shape index (κ3) is 3.55. The number of fused-ring (bicyclic) bond motifs is 1. The van der Waals surface area contributed by atoms with Gasteiger partial charge >= 0.3 is 0 Å². The van der Waals surface area contributed by atoms with Crippen LogP contribution in [0.2, 0.25) is 0 Å². The Hall–Kier alpha value is -2.44. The SMILES string of the molecule is O=C(CCN1C(=O)[C@H]2CCCC[C@H]2C1=O)N1CCN(c2cccc[nH+]2)CC1. The molecule has 2 aliphatic heterocycles. The van der Waals surface area contributed by atoms with Gasteiger partial charge in [0.1, 0.15) is 13.1 Å². The van der Waals surface area contributed by atoms with Crippen molar-refractivity contribution in [2.24, 2.45) is 11.8 Å². The molecule has 2 atom stereocenters. The molecule has 7 nitrogen and oxygen atoms in total. The Morgan fingerprint density at radius 1 is 1.00 bits per heavy atom. The summed E-state index contributed by atoms with van der Waals surface area (Å²) >= 11 is 0. The van der Waals surface area contributed by atoms with E-state index in [0.29, 0.717) is 13.1 Å². The lowest BCUT2D eigenvalue weighted by Crippen LogP contribution is -2.50. The summed E-state index contributed by atoms with van der Waals surface area (Å²) < 4.78 is 0. The maximum absolute atomic E-state index is 12.6. The van der Waals surface area contributed by atoms with Crippen molar-refractivity contribution in [3.8, 4) is 0 Å². The number of anilines is 1. The number of H-pyrrole nitrogens is 1. The highest BCUT2D eigenvalue weighted by Gasteiger charge is 2.47. The van der Waals surface area contributed by atoms with Gasteiger partial charge in [-0.15, -0.1) is 0 Å². The molecule has 3 fully saturated rings. The fourth-order valence-corrected chi connectivity index (χ4v) is 4.59. The lowest BCUT2D eigenvalue weighted by molar-refractivity contribution is -0.364. The number of aromatic amines is 1. The maximum Gasteiger partial charge on any atom is 0.274 e. The topological polar surface area (TPSA) is 75.1 Å². The first kappa shape index (κ1) is 17.9. The molecule has 0 unspecified atom stereocenters. The third-order valence-electron chi connectivity index (χ3n) is 6.15. The van der Waals surface area contributed by atoms with Gasteiger partial charge in [-0.05, 0) is 18.9 Å². The summed E-state index contributed by atoms with van der Waals surface area (Å²) in [7, 11) is 0. The van der Waals surface area contributed by atoms with E-state index in [0.717, 1.165) is 44.6 Å². The zero-order valence-electron chi connectivity index (χ0n) is 15.6. The number of nitrogens with zero attached hydrogens (tertiary/aromatic N) is 3. The average Bonchev–Trinajstić information content (AvgIpc) is 2.97. The number of carbonyl (C=O) groups excluding carboxylic acids is 3. The van der Waals surface area contributed by atoms with Gasteiger partial charge in [-0.3, -0.25) is 24.2 Å². The van der Waals surface area contributed by atoms with Gasteiger partial charge in [0.15, 0.2) is 0 Å². The quantitative estimate of drug-likeness (QED) is 0.731. The molecule has 4 rings (SSSR count). The Kier molecular flexibility index (Phi) is 5.09. The molecule has 3 amide bonds. The number of hydrogen-bond acceptors (Lipinski definition) is 4. The van der Waals surface area contributed by atoms with E-state index in [9.17, 15) is 14.4 Å². The normalized spacial score (nSPS) is 25.7. The van der Waals surface area contributed by atoms with Crippen LogP contribution in [-0.4, -0.2) is 60.2 Å². The Balaban J connectivity index is 1.28. The zero-order valence-corrected chi connectivity index (χ0v) is 15.6. The summed E-state index contributed by atoms with van der Waals surface area (Å²) in [4.78, 5) is 46.2. The summed E-state index contributed by atoms with van der Waals surface area (Å²) in [6, 6.07) is 5.97. The minimum atomic E-state index is -0.132. The van der Waals surface area contributed by atoms with Crippen LogP contribution in [0, 0.1) is 11.8 Å². The molecule has 0 aromatic carbocycles. The summed E-state index contributed by atoms with van der Waals surface area (Å²) in [6.45, 7) is 3.11. The predicted molar refractivity (Wildman–Crippen MR) is 98.6 cm³/mol. The molecule has 0 radical (unpaired) electrons. The molecule has 3 aliphatic rings. The van der Waals surface area contributed by atoms with Crippen molar-refractivity contribution in [2.45, 2.75) is 32.1 Å². The number of rotatable bonds is 4. The van der Waals surface area contributed by atoms with Crippen molar-refractivity contribution >= 4 is 23.5 Å². The lowest BCUT2D eigenvalue weighted by Gasteiger charge is -2.31. The highest BCUT2D eigenvalue weighted by Crippen LogP contribution is 2.38. The first-order chi connectivity index (χ1) is 13.1. The van der Waals surface area contributed by atoms with Crippen molar-refractivity contribution in [1.29, 1.82) is 0 Å². The van der Waals surface area contributed by atoms with Crippen LogP contribution >= 0.6 is 0 Å². The number of aromatic nitrogens is 1. The van der Waals surface area contributed by atoms with Crippen molar-refractivity contribution in [3.63, 3.8) is 0 Å². The van der Waals surface area contributed by atoms with Crippen LogP contribution in [0.3, 0.4) is 0 Å². The average molecular weight is 371 g/mol. The van der Waals surface area contributed by atoms with Crippen LogP contribution in [0.25, 0.3) is 0 Å². The second-order valence-corrected chi connectivity index (χ2v) is 7.69. The van der Waals surface area contributed by atoms with E-state index in [1.165, 1.54) is 4.90 Å². The van der Waals surface area contributed by atoms with Crippen molar-refractivity contribution in [3.05, 3.63) is 24.4 Å². The minimum Gasteiger partial charge on any atom is -0.335 e. The van der Waals surface area contributed by atoms with E-state index in [4.69, 9.17) is 0 Å². The zero-order chi connectivity index (χ0) is 18.8. The molecule has 1 N–H and O–H groups in total.